The molecular weight excluding hydrogens is 234 g/mol. The fourth-order valence-corrected chi connectivity index (χ4v) is 2.38. The second-order valence-electron chi connectivity index (χ2n) is 5.11. The molecule has 1 aromatic heterocycles. The molecule has 2 aromatic rings. The molecular formula is C17H23NO. The fourth-order valence-electron chi connectivity index (χ4n) is 2.38. The monoisotopic (exact) mass is 257 g/mol. The summed E-state index contributed by atoms with van der Waals surface area (Å²) in [6.07, 6.45) is 3.88. The molecule has 19 heavy (non-hydrogen) atoms. The lowest BCUT2D eigenvalue weighted by molar-refractivity contribution is 0.407. The lowest BCUT2D eigenvalue weighted by Crippen LogP contribution is -2.24. The molecule has 1 aromatic carbocycles. The van der Waals surface area contributed by atoms with E-state index in [-0.39, 0.29) is 6.04 Å². The second-order valence-corrected chi connectivity index (χ2v) is 5.11. The second kappa shape index (κ2) is 6.58. The number of furan rings is 1. The van der Waals surface area contributed by atoms with E-state index < -0.39 is 0 Å². The van der Waals surface area contributed by atoms with Crippen LogP contribution < -0.4 is 5.32 Å². The van der Waals surface area contributed by atoms with Crippen molar-refractivity contribution >= 4 is 0 Å². The Morgan fingerprint density at radius 1 is 1.11 bits per heavy atom. The van der Waals surface area contributed by atoms with Crippen LogP contribution in [0, 0.1) is 13.8 Å². The molecule has 0 radical (unpaired) electrons. The Labute approximate surface area is 115 Å². The highest BCUT2D eigenvalue weighted by Crippen LogP contribution is 2.24. The van der Waals surface area contributed by atoms with Crippen LogP contribution in [-0.4, -0.2) is 6.54 Å². The number of nitrogens with one attached hydrogen (secondary N) is 1. The molecule has 0 saturated carbocycles. The zero-order valence-electron chi connectivity index (χ0n) is 12.1. The standard InChI is InChI=1S/C17H23NO/c1-4-10-18-16(17-14(3)9-11-19-17)12-15-8-6-5-7-13(15)2/h5-9,11,16,18H,4,10,12H2,1-3H3. The Hall–Kier alpha value is -1.54. The predicted molar refractivity (Wildman–Crippen MR) is 79.4 cm³/mol. The molecule has 2 heteroatoms. The third kappa shape index (κ3) is 3.48. The topological polar surface area (TPSA) is 25.2 Å². The highest BCUT2D eigenvalue weighted by atomic mass is 16.3. The molecule has 0 spiro atoms. The molecule has 1 unspecified atom stereocenters. The van der Waals surface area contributed by atoms with Gasteiger partial charge in [-0.05, 0) is 56.0 Å². The molecule has 0 amide bonds. The zero-order chi connectivity index (χ0) is 13.7. The van der Waals surface area contributed by atoms with E-state index in [2.05, 4.69) is 50.4 Å². The molecule has 0 fully saturated rings. The molecule has 1 N–H and O–H groups in total. The normalized spacial score (nSPS) is 12.6. The van der Waals surface area contributed by atoms with Gasteiger partial charge in [0.2, 0.25) is 0 Å². The minimum Gasteiger partial charge on any atom is -0.467 e. The average Bonchev–Trinajstić information content (AvgIpc) is 2.83. The Kier molecular flexibility index (Phi) is 4.80. The van der Waals surface area contributed by atoms with Gasteiger partial charge < -0.3 is 9.73 Å². The first-order valence-electron chi connectivity index (χ1n) is 7.04. The number of benzene rings is 1. The van der Waals surface area contributed by atoms with E-state index in [9.17, 15) is 0 Å². The maximum Gasteiger partial charge on any atom is 0.123 e. The van der Waals surface area contributed by atoms with Crippen LogP contribution >= 0.6 is 0 Å². The van der Waals surface area contributed by atoms with Crippen molar-refractivity contribution < 1.29 is 4.42 Å². The fraction of sp³-hybridized carbons (Fsp3) is 0.412. The van der Waals surface area contributed by atoms with Crippen molar-refractivity contribution in [3.63, 3.8) is 0 Å². The summed E-state index contributed by atoms with van der Waals surface area (Å²) in [7, 11) is 0. The molecule has 0 aliphatic heterocycles. The first-order valence-corrected chi connectivity index (χ1v) is 7.04. The first-order chi connectivity index (χ1) is 9.22. The van der Waals surface area contributed by atoms with Gasteiger partial charge in [-0.3, -0.25) is 0 Å². The van der Waals surface area contributed by atoms with Gasteiger partial charge >= 0.3 is 0 Å². The van der Waals surface area contributed by atoms with Crippen LogP contribution in [0.2, 0.25) is 0 Å². The lowest BCUT2D eigenvalue weighted by atomic mass is 9.98. The van der Waals surface area contributed by atoms with E-state index in [0.717, 1.165) is 25.1 Å². The van der Waals surface area contributed by atoms with Gasteiger partial charge in [-0.1, -0.05) is 31.2 Å². The summed E-state index contributed by atoms with van der Waals surface area (Å²) in [5.41, 5.74) is 3.95. The van der Waals surface area contributed by atoms with Gasteiger partial charge in [0.1, 0.15) is 5.76 Å². The first kappa shape index (κ1) is 13.9. The van der Waals surface area contributed by atoms with Crippen LogP contribution in [0.3, 0.4) is 0 Å². The largest absolute Gasteiger partial charge is 0.467 e. The van der Waals surface area contributed by atoms with Crippen LogP contribution in [0.25, 0.3) is 0 Å². The lowest BCUT2D eigenvalue weighted by Gasteiger charge is -2.18. The van der Waals surface area contributed by atoms with E-state index in [4.69, 9.17) is 4.42 Å². The summed E-state index contributed by atoms with van der Waals surface area (Å²) >= 11 is 0. The van der Waals surface area contributed by atoms with Crippen LogP contribution in [0.5, 0.6) is 0 Å². The van der Waals surface area contributed by atoms with Crippen molar-refractivity contribution in [3.05, 3.63) is 59.0 Å². The van der Waals surface area contributed by atoms with E-state index in [0.29, 0.717) is 0 Å². The Balaban J connectivity index is 2.19. The van der Waals surface area contributed by atoms with Crippen molar-refractivity contribution in [3.8, 4) is 0 Å². The maximum absolute atomic E-state index is 5.67. The number of hydrogen-bond acceptors (Lipinski definition) is 2. The Morgan fingerprint density at radius 2 is 1.89 bits per heavy atom. The molecule has 2 rings (SSSR count). The SMILES string of the molecule is CCCNC(Cc1ccccc1C)c1occc1C. The quantitative estimate of drug-likeness (QED) is 0.839. The summed E-state index contributed by atoms with van der Waals surface area (Å²) in [5, 5.41) is 3.59. The molecule has 0 saturated heterocycles. The van der Waals surface area contributed by atoms with Crippen molar-refractivity contribution in [1.29, 1.82) is 0 Å². The van der Waals surface area contributed by atoms with Gasteiger partial charge in [0.25, 0.3) is 0 Å². The van der Waals surface area contributed by atoms with Gasteiger partial charge in [-0.2, -0.15) is 0 Å². The van der Waals surface area contributed by atoms with Crippen molar-refractivity contribution in [2.24, 2.45) is 0 Å². The summed E-state index contributed by atoms with van der Waals surface area (Å²) in [6.45, 7) is 7.47. The number of aryl methyl sites for hydroxylation is 2. The third-order valence-corrected chi connectivity index (χ3v) is 3.54. The molecule has 1 heterocycles. The van der Waals surface area contributed by atoms with E-state index in [1.54, 1.807) is 6.26 Å². The maximum atomic E-state index is 5.67. The van der Waals surface area contributed by atoms with Gasteiger partial charge in [-0.25, -0.2) is 0 Å². The van der Waals surface area contributed by atoms with Gasteiger partial charge in [0.05, 0.1) is 12.3 Å². The molecule has 2 nitrogen and oxygen atoms in total. The molecule has 0 aliphatic carbocycles. The van der Waals surface area contributed by atoms with Gasteiger partial charge in [0, 0.05) is 0 Å². The van der Waals surface area contributed by atoms with E-state index in [1.165, 1.54) is 16.7 Å². The van der Waals surface area contributed by atoms with Gasteiger partial charge in [0.15, 0.2) is 0 Å². The minimum absolute atomic E-state index is 0.260. The van der Waals surface area contributed by atoms with Crippen LogP contribution in [0.4, 0.5) is 0 Å². The summed E-state index contributed by atoms with van der Waals surface area (Å²) in [5.74, 6) is 1.07. The molecule has 0 bridgehead atoms. The Bertz CT molecular complexity index is 515. The zero-order valence-corrected chi connectivity index (χ0v) is 12.1. The van der Waals surface area contributed by atoms with E-state index >= 15 is 0 Å². The smallest absolute Gasteiger partial charge is 0.123 e. The highest BCUT2D eigenvalue weighted by Gasteiger charge is 2.17. The van der Waals surface area contributed by atoms with Crippen molar-refractivity contribution in [2.45, 2.75) is 39.7 Å². The Morgan fingerprint density at radius 3 is 2.53 bits per heavy atom. The van der Waals surface area contributed by atoms with Crippen LogP contribution in [0.15, 0.2) is 41.0 Å². The minimum atomic E-state index is 0.260. The van der Waals surface area contributed by atoms with Crippen LogP contribution in [-0.2, 0) is 6.42 Å². The van der Waals surface area contributed by atoms with Crippen molar-refractivity contribution in [1.82, 2.24) is 5.32 Å². The average molecular weight is 257 g/mol. The molecule has 1 atom stereocenters. The summed E-state index contributed by atoms with van der Waals surface area (Å²) < 4.78 is 5.67. The molecule has 102 valence electrons. The van der Waals surface area contributed by atoms with Gasteiger partial charge in [-0.15, -0.1) is 0 Å². The predicted octanol–water partition coefficient (Wildman–Crippen LogP) is 4.18. The molecule has 0 aliphatic rings. The third-order valence-electron chi connectivity index (χ3n) is 3.54. The summed E-state index contributed by atoms with van der Waals surface area (Å²) in [6, 6.07) is 10.9. The highest BCUT2D eigenvalue weighted by molar-refractivity contribution is 5.28. The number of rotatable bonds is 6. The van der Waals surface area contributed by atoms with Crippen molar-refractivity contribution in [2.75, 3.05) is 6.54 Å². The van der Waals surface area contributed by atoms with Crippen LogP contribution in [0.1, 0.15) is 41.8 Å². The van der Waals surface area contributed by atoms with E-state index in [1.807, 2.05) is 6.07 Å². The summed E-state index contributed by atoms with van der Waals surface area (Å²) in [4.78, 5) is 0. The number of hydrogen-bond donors (Lipinski definition) is 1.